The second-order valence-corrected chi connectivity index (χ2v) is 4.45. The molecule has 2 heteroatoms. The standard InChI is InChI=1S/C15H14N2/c1-17(2)13-8-7-12-9-11-5-3-4-6-14(11)16-15(12)10-13/h3-10H,1-2H3. The van der Waals surface area contributed by atoms with Gasteiger partial charge in [0, 0.05) is 30.6 Å². The average Bonchev–Trinajstić information content (AvgIpc) is 2.35. The molecule has 0 saturated carbocycles. The lowest BCUT2D eigenvalue weighted by Crippen LogP contribution is -2.08. The lowest BCUT2D eigenvalue weighted by atomic mass is 10.1. The molecule has 84 valence electrons. The summed E-state index contributed by atoms with van der Waals surface area (Å²) in [6.07, 6.45) is 0. The van der Waals surface area contributed by atoms with Gasteiger partial charge in [-0.2, -0.15) is 0 Å². The van der Waals surface area contributed by atoms with Crippen LogP contribution in [0.5, 0.6) is 0 Å². The lowest BCUT2D eigenvalue weighted by molar-refractivity contribution is 1.13. The van der Waals surface area contributed by atoms with Crippen LogP contribution in [0, 0.1) is 0 Å². The first-order valence-electron chi connectivity index (χ1n) is 5.71. The summed E-state index contributed by atoms with van der Waals surface area (Å²) in [6, 6.07) is 16.8. The van der Waals surface area contributed by atoms with Crippen molar-refractivity contribution in [3.8, 4) is 0 Å². The van der Waals surface area contributed by atoms with Gasteiger partial charge in [-0.05, 0) is 24.3 Å². The SMILES string of the molecule is CN(C)c1ccc2cc3ccccc3nc2c1. The number of hydrogen-bond acceptors (Lipinski definition) is 2. The minimum atomic E-state index is 1.05. The Hall–Kier alpha value is -2.09. The van der Waals surface area contributed by atoms with E-state index in [-0.39, 0.29) is 0 Å². The fourth-order valence-electron chi connectivity index (χ4n) is 2.04. The molecule has 3 rings (SSSR count). The van der Waals surface area contributed by atoms with E-state index < -0.39 is 0 Å². The van der Waals surface area contributed by atoms with E-state index in [1.807, 2.05) is 26.2 Å². The highest BCUT2D eigenvalue weighted by Gasteiger charge is 2.01. The predicted molar refractivity (Wildman–Crippen MR) is 73.6 cm³/mol. The highest BCUT2D eigenvalue weighted by atomic mass is 15.1. The van der Waals surface area contributed by atoms with Gasteiger partial charge in [0.15, 0.2) is 0 Å². The predicted octanol–water partition coefficient (Wildman–Crippen LogP) is 3.45. The zero-order chi connectivity index (χ0) is 11.8. The molecular weight excluding hydrogens is 208 g/mol. The summed E-state index contributed by atoms with van der Waals surface area (Å²) in [6.45, 7) is 0. The summed E-state index contributed by atoms with van der Waals surface area (Å²) < 4.78 is 0. The topological polar surface area (TPSA) is 16.1 Å². The molecule has 0 aliphatic carbocycles. The maximum Gasteiger partial charge on any atom is 0.0730 e. The third-order valence-electron chi connectivity index (χ3n) is 3.02. The average molecular weight is 222 g/mol. The van der Waals surface area contributed by atoms with Gasteiger partial charge in [0.1, 0.15) is 0 Å². The molecule has 0 atom stereocenters. The maximum atomic E-state index is 4.69. The Morgan fingerprint density at radius 1 is 0.824 bits per heavy atom. The number of fused-ring (bicyclic) bond motifs is 2. The van der Waals surface area contributed by atoms with Crippen LogP contribution in [0.4, 0.5) is 5.69 Å². The van der Waals surface area contributed by atoms with Crippen LogP contribution in [0.3, 0.4) is 0 Å². The Balaban J connectivity index is 2.32. The van der Waals surface area contributed by atoms with Crippen molar-refractivity contribution in [2.45, 2.75) is 0 Å². The van der Waals surface area contributed by atoms with E-state index in [1.54, 1.807) is 0 Å². The minimum Gasteiger partial charge on any atom is -0.378 e. The Morgan fingerprint density at radius 2 is 1.59 bits per heavy atom. The number of aromatic nitrogens is 1. The molecule has 0 saturated heterocycles. The summed E-state index contributed by atoms with van der Waals surface area (Å²) in [7, 11) is 4.09. The van der Waals surface area contributed by atoms with Crippen LogP contribution in [0.1, 0.15) is 0 Å². The van der Waals surface area contributed by atoms with E-state index in [1.165, 1.54) is 16.5 Å². The normalized spacial score (nSPS) is 10.9. The van der Waals surface area contributed by atoms with Crippen LogP contribution in [-0.4, -0.2) is 19.1 Å². The fraction of sp³-hybridized carbons (Fsp3) is 0.133. The molecule has 0 N–H and O–H groups in total. The van der Waals surface area contributed by atoms with Gasteiger partial charge < -0.3 is 4.90 Å². The van der Waals surface area contributed by atoms with E-state index in [4.69, 9.17) is 4.98 Å². The summed E-state index contributed by atoms with van der Waals surface area (Å²) in [5.74, 6) is 0. The number of hydrogen-bond donors (Lipinski definition) is 0. The number of benzene rings is 2. The van der Waals surface area contributed by atoms with E-state index in [0.717, 1.165) is 11.0 Å². The van der Waals surface area contributed by atoms with Crippen molar-refractivity contribution in [1.82, 2.24) is 4.98 Å². The summed E-state index contributed by atoms with van der Waals surface area (Å²) >= 11 is 0. The highest BCUT2D eigenvalue weighted by Crippen LogP contribution is 2.23. The van der Waals surface area contributed by atoms with Crippen LogP contribution in [0.25, 0.3) is 21.8 Å². The van der Waals surface area contributed by atoms with Crippen LogP contribution < -0.4 is 4.90 Å². The monoisotopic (exact) mass is 222 g/mol. The first kappa shape index (κ1) is 10.1. The van der Waals surface area contributed by atoms with E-state index in [2.05, 4.69) is 41.3 Å². The van der Waals surface area contributed by atoms with Crippen molar-refractivity contribution in [2.24, 2.45) is 0 Å². The van der Waals surface area contributed by atoms with Crippen molar-refractivity contribution in [3.05, 3.63) is 48.5 Å². The molecule has 0 aliphatic heterocycles. The molecule has 17 heavy (non-hydrogen) atoms. The van der Waals surface area contributed by atoms with Crippen LogP contribution >= 0.6 is 0 Å². The molecule has 0 radical (unpaired) electrons. The van der Waals surface area contributed by atoms with Crippen molar-refractivity contribution >= 4 is 27.5 Å². The summed E-state index contributed by atoms with van der Waals surface area (Å²) in [5.41, 5.74) is 3.28. The molecule has 0 aliphatic rings. The quantitative estimate of drug-likeness (QED) is 0.586. The molecule has 1 aromatic heterocycles. The fourth-order valence-corrected chi connectivity index (χ4v) is 2.04. The second kappa shape index (κ2) is 3.74. The first-order chi connectivity index (χ1) is 8.24. The van der Waals surface area contributed by atoms with Crippen molar-refractivity contribution in [3.63, 3.8) is 0 Å². The highest BCUT2D eigenvalue weighted by molar-refractivity contribution is 5.93. The summed E-state index contributed by atoms with van der Waals surface area (Å²) in [4.78, 5) is 6.79. The Kier molecular flexibility index (Phi) is 2.22. The van der Waals surface area contributed by atoms with Gasteiger partial charge in [-0.1, -0.05) is 24.3 Å². The van der Waals surface area contributed by atoms with Gasteiger partial charge in [0.05, 0.1) is 11.0 Å². The first-order valence-corrected chi connectivity index (χ1v) is 5.71. The largest absolute Gasteiger partial charge is 0.378 e. The number of anilines is 1. The van der Waals surface area contributed by atoms with Crippen molar-refractivity contribution in [2.75, 3.05) is 19.0 Å². The molecule has 1 heterocycles. The Morgan fingerprint density at radius 3 is 2.41 bits per heavy atom. The Bertz CT molecular complexity index is 687. The van der Waals surface area contributed by atoms with E-state index >= 15 is 0 Å². The molecule has 0 amide bonds. The molecule has 0 fully saturated rings. The third kappa shape index (κ3) is 1.72. The molecule has 2 nitrogen and oxygen atoms in total. The van der Waals surface area contributed by atoms with Crippen LogP contribution in [0.15, 0.2) is 48.5 Å². The van der Waals surface area contributed by atoms with Gasteiger partial charge in [-0.25, -0.2) is 4.98 Å². The molecule has 2 aromatic carbocycles. The molecule has 0 spiro atoms. The van der Waals surface area contributed by atoms with Gasteiger partial charge in [0.25, 0.3) is 0 Å². The molecule has 0 unspecified atom stereocenters. The van der Waals surface area contributed by atoms with Crippen molar-refractivity contribution < 1.29 is 0 Å². The third-order valence-corrected chi connectivity index (χ3v) is 3.02. The molecular formula is C15H14N2. The minimum absolute atomic E-state index is 1.05. The number of para-hydroxylation sites is 1. The Labute approximate surface area is 101 Å². The zero-order valence-electron chi connectivity index (χ0n) is 10.0. The van der Waals surface area contributed by atoms with E-state index in [9.17, 15) is 0 Å². The smallest absolute Gasteiger partial charge is 0.0730 e. The van der Waals surface area contributed by atoms with Gasteiger partial charge in [-0.15, -0.1) is 0 Å². The maximum absolute atomic E-state index is 4.69. The zero-order valence-corrected chi connectivity index (χ0v) is 10.0. The number of nitrogens with zero attached hydrogens (tertiary/aromatic N) is 2. The summed E-state index contributed by atoms with van der Waals surface area (Å²) in [5, 5.41) is 2.38. The van der Waals surface area contributed by atoms with Crippen LogP contribution in [0.2, 0.25) is 0 Å². The second-order valence-electron chi connectivity index (χ2n) is 4.45. The van der Waals surface area contributed by atoms with E-state index in [0.29, 0.717) is 0 Å². The molecule has 0 bridgehead atoms. The lowest BCUT2D eigenvalue weighted by Gasteiger charge is -2.12. The molecule has 3 aromatic rings. The van der Waals surface area contributed by atoms with Gasteiger partial charge in [-0.3, -0.25) is 0 Å². The van der Waals surface area contributed by atoms with Gasteiger partial charge >= 0.3 is 0 Å². The van der Waals surface area contributed by atoms with Crippen molar-refractivity contribution in [1.29, 1.82) is 0 Å². The van der Waals surface area contributed by atoms with Crippen LogP contribution in [-0.2, 0) is 0 Å². The van der Waals surface area contributed by atoms with Gasteiger partial charge in [0.2, 0.25) is 0 Å². The number of rotatable bonds is 1. The number of pyridine rings is 1.